The number of carbonyl (C=O) groups is 1. The molecule has 0 atom stereocenters. The number of rotatable bonds is 7. The van der Waals surface area contributed by atoms with Crippen molar-refractivity contribution in [2.75, 3.05) is 49.1 Å². The molecule has 1 saturated heterocycles. The number of carbonyl (C=O) groups excluding carboxylic acids is 1. The van der Waals surface area contributed by atoms with Gasteiger partial charge < -0.3 is 4.90 Å². The molecule has 1 fully saturated rings. The molecular formula is C28H32N6O3. The minimum absolute atomic E-state index is 0.0334. The van der Waals surface area contributed by atoms with Crippen molar-refractivity contribution < 1.29 is 9.72 Å². The highest BCUT2D eigenvalue weighted by molar-refractivity contribution is 6.06. The largest absolute Gasteiger partial charge is 0.369 e. The van der Waals surface area contributed by atoms with Crippen LogP contribution in [0.2, 0.25) is 0 Å². The van der Waals surface area contributed by atoms with Gasteiger partial charge in [-0.05, 0) is 56.9 Å². The molecule has 37 heavy (non-hydrogen) atoms. The zero-order valence-electron chi connectivity index (χ0n) is 21.2. The Hall–Kier alpha value is -3.85. The van der Waals surface area contributed by atoms with Gasteiger partial charge in [-0.25, -0.2) is 9.97 Å². The normalized spacial score (nSPS) is 15.8. The van der Waals surface area contributed by atoms with E-state index in [4.69, 9.17) is 0 Å². The fourth-order valence-electron chi connectivity index (χ4n) is 5.15. The SMILES string of the molecule is Cc1ccc(N2CCN(CCN(C(=O)c3ccc([N+](=O)[O-])cc3)c3ncnc4c3CCCC4)CC2)cc1. The van der Waals surface area contributed by atoms with E-state index < -0.39 is 4.92 Å². The fraction of sp³-hybridized carbons (Fsp3) is 0.393. The standard InChI is InChI=1S/C28H32N6O3/c1-21-6-10-23(11-7-21)32-17-14-31(15-18-32)16-19-33(27-25-4-2-3-5-26(25)29-20-30-27)28(35)22-8-12-24(13-9-22)34(36)37/h6-13,20H,2-5,14-19H2,1H3. The van der Waals surface area contributed by atoms with Crippen molar-refractivity contribution in [1.82, 2.24) is 14.9 Å². The van der Waals surface area contributed by atoms with Crippen molar-refractivity contribution in [2.45, 2.75) is 32.6 Å². The molecule has 0 saturated carbocycles. The van der Waals surface area contributed by atoms with E-state index in [1.165, 1.54) is 35.5 Å². The van der Waals surface area contributed by atoms with Gasteiger partial charge in [-0.1, -0.05) is 17.7 Å². The van der Waals surface area contributed by atoms with Crippen LogP contribution in [-0.2, 0) is 12.8 Å². The van der Waals surface area contributed by atoms with Crippen LogP contribution in [0.4, 0.5) is 17.2 Å². The van der Waals surface area contributed by atoms with Crippen LogP contribution in [0.3, 0.4) is 0 Å². The highest BCUT2D eigenvalue weighted by Crippen LogP contribution is 2.28. The summed E-state index contributed by atoms with van der Waals surface area (Å²) in [6.07, 6.45) is 5.44. The van der Waals surface area contributed by atoms with Crippen LogP contribution in [0.15, 0.2) is 54.9 Å². The van der Waals surface area contributed by atoms with Crippen LogP contribution >= 0.6 is 0 Å². The molecule has 0 spiro atoms. The zero-order chi connectivity index (χ0) is 25.8. The second-order valence-corrected chi connectivity index (χ2v) is 9.75. The van der Waals surface area contributed by atoms with Crippen LogP contribution in [0.5, 0.6) is 0 Å². The summed E-state index contributed by atoms with van der Waals surface area (Å²) in [5.41, 5.74) is 4.95. The first-order chi connectivity index (χ1) is 18.0. The van der Waals surface area contributed by atoms with Crippen molar-refractivity contribution in [3.8, 4) is 0 Å². The third-order valence-electron chi connectivity index (χ3n) is 7.34. The van der Waals surface area contributed by atoms with E-state index >= 15 is 0 Å². The van der Waals surface area contributed by atoms with E-state index in [0.29, 0.717) is 17.9 Å². The first-order valence-electron chi connectivity index (χ1n) is 12.9. The van der Waals surface area contributed by atoms with Gasteiger partial charge >= 0.3 is 0 Å². The number of piperazine rings is 1. The molecule has 2 heterocycles. The molecule has 9 nitrogen and oxygen atoms in total. The third-order valence-corrected chi connectivity index (χ3v) is 7.34. The van der Waals surface area contributed by atoms with Gasteiger partial charge in [-0.3, -0.25) is 24.7 Å². The van der Waals surface area contributed by atoms with Crippen LogP contribution in [0, 0.1) is 17.0 Å². The molecule has 0 bridgehead atoms. The monoisotopic (exact) mass is 500 g/mol. The molecule has 0 unspecified atom stereocenters. The van der Waals surface area contributed by atoms with Gasteiger partial charge in [0.15, 0.2) is 0 Å². The Morgan fingerprint density at radius 2 is 1.68 bits per heavy atom. The molecule has 1 aromatic heterocycles. The molecule has 1 amide bonds. The average molecular weight is 501 g/mol. The van der Waals surface area contributed by atoms with Gasteiger partial charge in [0.1, 0.15) is 12.1 Å². The molecule has 0 radical (unpaired) electrons. The summed E-state index contributed by atoms with van der Waals surface area (Å²) in [6.45, 7) is 7.00. The zero-order valence-corrected chi connectivity index (χ0v) is 21.2. The second kappa shape index (κ2) is 11.0. The highest BCUT2D eigenvalue weighted by Gasteiger charge is 2.27. The summed E-state index contributed by atoms with van der Waals surface area (Å²) < 4.78 is 0. The van der Waals surface area contributed by atoms with E-state index in [0.717, 1.165) is 69.7 Å². The smallest absolute Gasteiger partial charge is 0.269 e. The number of aromatic nitrogens is 2. The van der Waals surface area contributed by atoms with Gasteiger partial charge in [0.25, 0.3) is 11.6 Å². The lowest BCUT2D eigenvalue weighted by molar-refractivity contribution is -0.384. The summed E-state index contributed by atoms with van der Waals surface area (Å²) >= 11 is 0. The van der Waals surface area contributed by atoms with E-state index in [2.05, 4.69) is 51.0 Å². The molecule has 2 aromatic carbocycles. The lowest BCUT2D eigenvalue weighted by Crippen LogP contribution is -2.49. The van der Waals surface area contributed by atoms with Crippen molar-refractivity contribution in [1.29, 1.82) is 0 Å². The molecule has 9 heteroatoms. The van der Waals surface area contributed by atoms with Gasteiger partial charge in [0.2, 0.25) is 0 Å². The fourth-order valence-corrected chi connectivity index (χ4v) is 5.15. The molecular weight excluding hydrogens is 468 g/mol. The van der Waals surface area contributed by atoms with E-state index in [1.807, 2.05) is 0 Å². The maximum absolute atomic E-state index is 13.7. The Balaban J connectivity index is 1.32. The van der Waals surface area contributed by atoms with Crippen molar-refractivity contribution >= 4 is 23.1 Å². The molecule has 192 valence electrons. The summed E-state index contributed by atoms with van der Waals surface area (Å²) in [7, 11) is 0. The Morgan fingerprint density at radius 3 is 2.38 bits per heavy atom. The topological polar surface area (TPSA) is 95.7 Å². The van der Waals surface area contributed by atoms with Gasteiger partial charge in [-0.15, -0.1) is 0 Å². The quantitative estimate of drug-likeness (QED) is 0.357. The van der Waals surface area contributed by atoms with Crippen LogP contribution in [0.1, 0.15) is 40.0 Å². The van der Waals surface area contributed by atoms with Gasteiger partial charge in [0.05, 0.1) is 4.92 Å². The Kier molecular flexibility index (Phi) is 7.41. The molecule has 2 aliphatic rings. The number of amides is 1. The Labute approximate surface area is 216 Å². The minimum Gasteiger partial charge on any atom is -0.369 e. The van der Waals surface area contributed by atoms with Crippen LogP contribution in [-0.4, -0.2) is 65.0 Å². The van der Waals surface area contributed by atoms with E-state index in [1.54, 1.807) is 11.2 Å². The lowest BCUT2D eigenvalue weighted by Gasteiger charge is -2.37. The number of aryl methyl sites for hydroxylation is 2. The number of anilines is 2. The van der Waals surface area contributed by atoms with Gasteiger partial charge in [0, 0.05) is 73.9 Å². The average Bonchev–Trinajstić information content (AvgIpc) is 2.94. The lowest BCUT2D eigenvalue weighted by atomic mass is 9.96. The Morgan fingerprint density at radius 1 is 0.973 bits per heavy atom. The summed E-state index contributed by atoms with van der Waals surface area (Å²) in [4.78, 5) is 39.9. The molecule has 0 N–H and O–H groups in total. The number of hydrogen-bond donors (Lipinski definition) is 0. The predicted octanol–water partition coefficient (Wildman–Crippen LogP) is 4.04. The number of hydrogen-bond acceptors (Lipinski definition) is 7. The summed E-state index contributed by atoms with van der Waals surface area (Å²) in [5.74, 6) is 0.478. The molecule has 1 aliphatic carbocycles. The second-order valence-electron chi connectivity index (χ2n) is 9.75. The van der Waals surface area contributed by atoms with Crippen LogP contribution < -0.4 is 9.80 Å². The van der Waals surface area contributed by atoms with Crippen molar-refractivity contribution in [3.63, 3.8) is 0 Å². The van der Waals surface area contributed by atoms with E-state index in [9.17, 15) is 14.9 Å². The summed E-state index contributed by atoms with van der Waals surface area (Å²) in [6, 6.07) is 14.5. The molecule has 5 rings (SSSR count). The maximum Gasteiger partial charge on any atom is 0.269 e. The van der Waals surface area contributed by atoms with E-state index in [-0.39, 0.29) is 11.6 Å². The number of non-ortho nitro benzene ring substituents is 1. The first-order valence-corrected chi connectivity index (χ1v) is 12.9. The predicted molar refractivity (Wildman–Crippen MR) is 143 cm³/mol. The van der Waals surface area contributed by atoms with Crippen molar-refractivity contribution in [3.05, 3.63) is 87.4 Å². The number of nitrogens with zero attached hydrogens (tertiary/aromatic N) is 6. The molecule has 1 aliphatic heterocycles. The third kappa shape index (κ3) is 5.61. The Bertz CT molecular complexity index is 1250. The maximum atomic E-state index is 13.7. The number of nitro groups is 1. The number of benzene rings is 2. The van der Waals surface area contributed by atoms with Gasteiger partial charge in [-0.2, -0.15) is 0 Å². The summed E-state index contributed by atoms with van der Waals surface area (Å²) in [5, 5.41) is 11.1. The first kappa shape index (κ1) is 24.8. The number of nitro benzene ring substituents is 1. The highest BCUT2D eigenvalue weighted by atomic mass is 16.6. The minimum atomic E-state index is -0.455. The molecule has 3 aromatic rings. The number of fused-ring (bicyclic) bond motifs is 1. The van der Waals surface area contributed by atoms with Crippen molar-refractivity contribution in [2.24, 2.45) is 0 Å². The van der Waals surface area contributed by atoms with Crippen LogP contribution in [0.25, 0.3) is 0 Å².